The van der Waals surface area contributed by atoms with Gasteiger partial charge in [-0.15, -0.1) is 0 Å². The Labute approximate surface area is 240 Å². The summed E-state index contributed by atoms with van der Waals surface area (Å²) in [5, 5.41) is 22.7. The first-order valence-corrected chi connectivity index (χ1v) is 12.8. The van der Waals surface area contributed by atoms with Gasteiger partial charge < -0.3 is 19.3 Å². The number of carbonyl (C=O) groups is 2. The molecule has 0 aromatic heterocycles. The summed E-state index contributed by atoms with van der Waals surface area (Å²) in [6.45, 7) is -0.899. The van der Waals surface area contributed by atoms with Crippen LogP contribution < -0.4 is 19.3 Å². The van der Waals surface area contributed by atoms with Crippen molar-refractivity contribution < 1.29 is 28.9 Å². The first kappa shape index (κ1) is 29.2. The molecule has 0 spiro atoms. The molecule has 0 unspecified atom stereocenters. The van der Waals surface area contributed by atoms with Gasteiger partial charge in [-0.3, -0.25) is 29.8 Å². The highest BCUT2D eigenvalue weighted by molar-refractivity contribution is 5.96. The van der Waals surface area contributed by atoms with Crippen LogP contribution in [0.15, 0.2) is 109 Å². The molecule has 0 saturated heterocycles. The fraction of sp³-hybridized carbons (Fsp3) is 0.133. The van der Waals surface area contributed by atoms with Crippen molar-refractivity contribution in [2.75, 3.05) is 36.1 Å². The fourth-order valence-electron chi connectivity index (χ4n) is 4.11. The SMILES string of the molecule is O=C(COc1ccccc1[N+](=O)[O-])N(CCN(C(=O)COc1ccccc1[N+](=O)[O-])c1ccccc1)c1ccccc1. The number of carbonyl (C=O) groups excluding carboxylic acids is 2. The third-order valence-corrected chi connectivity index (χ3v) is 6.11. The Hall–Kier alpha value is -5.78. The number of hydrogen-bond donors (Lipinski definition) is 0. The summed E-state index contributed by atoms with van der Waals surface area (Å²) in [5.41, 5.74) is 0.530. The van der Waals surface area contributed by atoms with Gasteiger partial charge >= 0.3 is 11.4 Å². The lowest BCUT2D eigenvalue weighted by atomic mass is 10.2. The second-order valence-corrected chi connectivity index (χ2v) is 8.79. The molecule has 4 aromatic carbocycles. The first-order valence-electron chi connectivity index (χ1n) is 12.8. The van der Waals surface area contributed by atoms with Crippen LogP contribution in [-0.4, -0.2) is 48.0 Å². The summed E-state index contributed by atoms with van der Waals surface area (Å²) in [4.78, 5) is 51.1. The van der Waals surface area contributed by atoms with Crippen LogP contribution in [0, 0.1) is 20.2 Å². The minimum Gasteiger partial charge on any atom is -0.477 e. The Morgan fingerprint density at radius 3 is 1.24 bits per heavy atom. The maximum atomic E-state index is 13.4. The predicted molar refractivity (Wildman–Crippen MR) is 155 cm³/mol. The van der Waals surface area contributed by atoms with Crippen molar-refractivity contribution in [2.45, 2.75) is 0 Å². The average molecular weight is 571 g/mol. The van der Waals surface area contributed by atoms with E-state index in [1.165, 1.54) is 46.2 Å². The summed E-state index contributed by atoms with van der Waals surface area (Å²) in [6.07, 6.45) is 0. The van der Waals surface area contributed by atoms with Crippen molar-refractivity contribution >= 4 is 34.6 Å². The monoisotopic (exact) mass is 570 g/mol. The Morgan fingerprint density at radius 2 is 0.881 bits per heavy atom. The smallest absolute Gasteiger partial charge is 0.310 e. The van der Waals surface area contributed by atoms with Crippen molar-refractivity contribution in [1.29, 1.82) is 0 Å². The van der Waals surface area contributed by atoms with E-state index in [0.717, 1.165) is 0 Å². The number of hydrogen-bond acceptors (Lipinski definition) is 8. The summed E-state index contributed by atoms with van der Waals surface area (Å²) >= 11 is 0. The summed E-state index contributed by atoms with van der Waals surface area (Å²) < 4.78 is 11.1. The molecule has 0 radical (unpaired) electrons. The van der Waals surface area contributed by atoms with Gasteiger partial charge in [-0.05, 0) is 36.4 Å². The van der Waals surface area contributed by atoms with E-state index in [9.17, 15) is 29.8 Å². The second kappa shape index (κ2) is 14.0. The first-order chi connectivity index (χ1) is 20.3. The molecule has 0 fully saturated rings. The molecule has 0 N–H and O–H groups in total. The Morgan fingerprint density at radius 1 is 0.548 bits per heavy atom. The van der Waals surface area contributed by atoms with E-state index in [0.29, 0.717) is 11.4 Å². The molecule has 0 aliphatic rings. The molecule has 0 saturated carbocycles. The predicted octanol–water partition coefficient (Wildman–Crippen LogP) is 5.03. The lowest BCUT2D eigenvalue weighted by Gasteiger charge is -2.28. The highest BCUT2D eigenvalue weighted by atomic mass is 16.6. The molecule has 12 nitrogen and oxygen atoms in total. The maximum Gasteiger partial charge on any atom is 0.310 e. The van der Waals surface area contributed by atoms with E-state index in [-0.39, 0.29) is 36.0 Å². The van der Waals surface area contributed by atoms with Crippen molar-refractivity contribution in [3.63, 3.8) is 0 Å². The van der Waals surface area contributed by atoms with Gasteiger partial charge in [0.25, 0.3) is 11.8 Å². The normalized spacial score (nSPS) is 10.4. The van der Waals surface area contributed by atoms with E-state index in [1.807, 2.05) is 0 Å². The number of rotatable bonds is 13. The van der Waals surface area contributed by atoms with Gasteiger partial charge in [0, 0.05) is 36.6 Å². The summed E-state index contributed by atoms with van der Waals surface area (Å²) in [6, 6.07) is 29.0. The summed E-state index contributed by atoms with van der Waals surface area (Å²) in [5.74, 6) is -1.07. The molecule has 2 amide bonds. The van der Waals surface area contributed by atoms with Crippen molar-refractivity contribution in [1.82, 2.24) is 0 Å². The zero-order valence-corrected chi connectivity index (χ0v) is 22.3. The van der Waals surface area contributed by atoms with Gasteiger partial charge in [-0.25, -0.2) is 0 Å². The molecule has 0 bridgehead atoms. The molecule has 4 rings (SSSR count). The van der Waals surface area contributed by atoms with E-state index < -0.39 is 34.9 Å². The lowest BCUT2D eigenvalue weighted by molar-refractivity contribution is -0.386. The molecule has 42 heavy (non-hydrogen) atoms. The van der Waals surface area contributed by atoms with Crippen LogP contribution in [0.5, 0.6) is 11.5 Å². The lowest BCUT2D eigenvalue weighted by Crippen LogP contribution is -2.44. The van der Waals surface area contributed by atoms with E-state index in [2.05, 4.69) is 0 Å². The largest absolute Gasteiger partial charge is 0.477 e. The second-order valence-electron chi connectivity index (χ2n) is 8.79. The molecule has 214 valence electrons. The van der Waals surface area contributed by atoms with Gasteiger partial charge in [-0.2, -0.15) is 0 Å². The third-order valence-electron chi connectivity index (χ3n) is 6.11. The standard InChI is InChI=1S/C30H26N4O8/c35-29(21-41-27-17-9-7-15-25(27)33(37)38)31(23-11-3-1-4-12-23)19-20-32(24-13-5-2-6-14-24)30(36)22-42-28-18-10-8-16-26(28)34(39)40/h1-18H,19-22H2. The van der Waals surface area contributed by atoms with Crippen LogP contribution in [0.4, 0.5) is 22.7 Å². The van der Waals surface area contributed by atoms with Crippen molar-refractivity contribution in [2.24, 2.45) is 0 Å². The van der Waals surface area contributed by atoms with Crippen LogP contribution in [0.25, 0.3) is 0 Å². The van der Waals surface area contributed by atoms with Gasteiger partial charge in [0.15, 0.2) is 24.7 Å². The quantitative estimate of drug-likeness (QED) is 0.161. The highest BCUT2D eigenvalue weighted by Gasteiger charge is 2.24. The van der Waals surface area contributed by atoms with Crippen LogP contribution in [0.1, 0.15) is 0 Å². The number of ether oxygens (including phenoxy) is 2. The number of anilines is 2. The molecule has 12 heteroatoms. The van der Waals surface area contributed by atoms with Gasteiger partial charge in [0.05, 0.1) is 9.85 Å². The molecule has 0 aliphatic heterocycles. The Balaban J connectivity index is 1.52. The van der Waals surface area contributed by atoms with Crippen LogP contribution >= 0.6 is 0 Å². The molecule has 0 heterocycles. The topological polar surface area (TPSA) is 145 Å². The maximum absolute atomic E-state index is 13.4. The molecule has 0 atom stereocenters. The number of nitrogens with zero attached hydrogens (tertiary/aromatic N) is 4. The van der Waals surface area contributed by atoms with E-state index >= 15 is 0 Å². The summed E-state index contributed by atoms with van der Waals surface area (Å²) in [7, 11) is 0. The minimum absolute atomic E-state index is 0.0369. The van der Waals surface area contributed by atoms with Gasteiger partial charge in [0.2, 0.25) is 0 Å². The molecular weight excluding hydrogens is 544 g/mol. The van der Waals surface area contributed by atoms with Crippen LogP contribution in [0.2, 0.25) is 0 Å². The number of para-hydroxylation sites is 6. The number of nitro groups is 2. The third kappa shape index (κ3) is 7.45. The molecular formula is C30H26N4O8. The highest BCUT2D eigenvalue weighted by Crippen LogP contribution is 2.27. The number of benzene rings is 4. The van der Waals surface area contributed by atoms with E-state index in [1.54, 1.807) is 72.8 Å². The van der Waals surface area contributed by atoms with E-state index in [4.69, 9.17) is 9.47 Å². The molecule has 0 aliphatic carbocycles. The minimum atomic E-state index is -0.593. The Bertz CT molecular complexity index is 1430. The zero-order chi connectivity index (χ0) is 29.9. The van der Waals surface area contributed by atoms with Crippen molar-refractivity contribution in [3.05, 3.63) is 129 Å². The Kier molecular flexibility index (Phi) is 9.76. The van der Waals surface area contributed by atoms with Crippen LogP contribution in [-0.2, 0) is 9.59 Å². The van der Waals surface area contributed by atoms with Crippen LogP contribution in [0.3, 0.4) is 0 Å². The number of amides is 2. The average Bonchev–Trinajstić information content (AvgIpc) is 3.02. The van der Waals surface area contributed by atoms with Gasteiger partial charge in [-0.1, -0.05) is 60.7 Å². The molecule has 4 aromatic rings. The fourth-order valence-corrected chi connectivity index (χ4v) is 4.11. The van der Waals surface area contributed by atoms with Crippen molar-refractivity contribution in [3.8, 4) is 11.5 Å². The number of nitro benzene ring substituents is 2. The van der Waals surface area contributed by atoms with Gasteiger partial charge in [0.1, 0.15) is 0 Å². The zero-order valence-electron chi connectivity index (χ0n) is 22.3.